The van der Waals surface area contributed by atoms with Crippen LogP contribution in [0.2, 0.25) is 0 Å². The van der Waals surface area contributed by atoms with Gasteiger partial charge >= 0.3 is 0 Å². The number of nitrogens with one attached hydrogen (secondary N) is 1. The molecule has 5 nitrogen and oxygen atoms in total. The number of para-hydroxylation sites is 1. The van der Waals surface area contributed by atoms with Crippen molar-refractivity contribution in [2.75, 3.05) is 31.1 Å². The Balaban J connectivity index is 1.90. The third-order valence-electron chi connectivity index (χ3n) is 3.32. The van der Waals surface area contributed by atoms with Gasteiger partial charge in [-0.2, -0.15) is 10.4 Å². The number of benzene rings is 1. The van der Waals surface area contributed by atoms with Gasteiger partial charge in [0.25, 0.3) is 0 Å². The molecule has 0 atom stereocenters. The van der Waals surface area contributed by atoms with E-state index in [9.17, 15) is 0 Å². The molecule has 5 heteroatoms. The molecule has 1 saturated heterocycles. The first-order valence-electron chi connectivity index (χ1n) is 6.38. The minimum atomic E-state index is 0.637. The summed E-state index contributed by atoms with van der Waals surface area (Å²) >= 11 is 0. The number of piperazine rings is 1. The average molecular weight is 253 g/mol. The number of nitrogens with zero attached hydrogens (tertiary/aromatic N) is 4. The van der Waals surface area contributed by atoms with E-state index in [0.29, 0.717) is 5.56 Å². The second kappa shape index (κ2) is 5.12. The first kappa shape index (κ1) is 11.8. The molecular weight excluding hydrogens is 238 g/mol. The highest BCUT2D eigenvalue weighted by atomic mass is 15.3. The predicted octanol–water partition coefficient (Wildman–Crippen LogP) is 1.15. The minimum Gasteiger partial charge on any atom is -0.366 e. The summed E-state index contributed by atoms with van der Waals surface area (Å²) in [5.74, 6) is 0. The molecule has 0 bridgehead atoms. The van der Waals surface area contributed by atoms with Gasteiger partial charge in [0.1, 0.15) is 6.07 Å². The molecule has 1 aromatic carbocycles. The fourth-order valence-corrected chi connectivity index (χ4v) is 2.30. The normalized spacial score (nSPS) is 15.2. The van der Waals surface area contributed by atoms with E-state index in [0.717, 1.165) is 37.6 Å². The maximum atomic E-state index is 9.13. The van der Waals surface area contributed by atoms with E-state index in [2.05, 4.69) is 21.4 Å². The van der Waals surface area contributed by atoms with Crippen molar-refractivity contribution < 1.29 is 0 Å². The Labute approximate surface area is 112 Å². The Morgan fingerprint density at radius 1 is 1.21 bits per heavy atom. The molecule has 1 aliphatic heterocycles. The zero-order chi connectivity index (χ0) is 13.1. The van der Waals surface area contributed by atoms with Crippen molar-refractivity contribution in [2.45, 2.75) is 0 Å². The Kier molecular flexibility index (Phi) is 3.17. The third-order valence-corrected chi connectivity index (χ3v) is 3.32. The quantitative estimate of drug-likeness (QED) is 0.872. The van der Waals surface area contributed by atoms with Gasteiger partial charge < -0.3 is 10.2 Å². The molecule has 1 fully saturated rings. The maximum absolute atomic E-state index is 9.13. The fourth-order valence-electron chi connectivity index (χ4n) is 2.30. The van der Waals surface area contributed by atoms with Gasteiger partial charge in [0.2, 0.25) is 0 Å². The van der Waals surface area contributed by atoms with Gasteiger partial charge in [-0.15, -0.1) is 0 Å². The summed E-state index contributed by atoms with van der Waals surface area (Å²) in [4.78, 5) is 2.30. The first-order valence-corrected chi connectivity index (χ1v) is 6.38. The van der Waals surface area contributed by atoms with Crippen molar-refractivity contribution in [1.29, 1.82) is 5.26 Å². The molecule has 96 valence electrons. The van der Waals surface area contributed by atoms with E-state index in [4.69, 9.17) is 5.26 Å². The maximum Gasteiger partial charge on any atom is 0.101 e. The van der Waals surface area contributed by atoms with Crippen LogP contribution in [0.15, 0.2) is 36.7 Å². The molecule has 0 unspecified atom stereocenters. The number of hydrogen-bond acceptors (Lipinski definition) is 4. The predicted molar refractivity (Wildman–Crippen MR) is 73.4 cm³/mol. The van der Waals surface area contributed by atoms with Crippen LogP contribution in [0, 0.1) is 11.3 Å². The summed E-state index contributed by atoms with van der Waals surface area (Å²) in [7, 11) is 0. The van der Waals surface area contributed by atoms with Crippen molar-refractivity contribution >= 4 is 5.69 Å². The third kappa shape index (κ3) is 2.30. The summed E-state index contributed by atoms with van der Waals surface area (Å²) in [6, 6.07) is 9.70. The zero-order valence-corrected chi connectivity index (χ0v) is 10.6. The minimum absolute atomic E-state index is 0.637. The molecular formula is C14H15N5. The molecule has 0 spiro atoms. The standard InChI is InChI=1S/C14H15N5/c15-9-12-3-1-2-4-14(12)19-11-13(10-17-19)18-7-5-16-6-8-18/h1-4,10-11,16H,5-8H2. The summed E-state index contributed by atoms with van der Waals surface area (Å²) in [5.41, 5.74) is 2.57. The summed E-state index contributed by atoms with van der Waals surface area (Å²) in [5, 5.41) is 16.8. The van der Waals surface area contributed by atoms with Crippen molar-refractivity contribution in [1.82, 2.24) is 15.1 Å². The number of nitriles is 1. The highest BCUT2D eigenvalue weighted by molar-refractivity contribution is 5.51. The Morgan fingerprint density at radius 2 is 2.00 bits per heavy atom. The second-order valence-corrected chi connectivity index (χ2v) is 4.51. The molecule has 19 heavy (non-hydrogen) atoms. The van der Waals surface area contributed by atoms with Crippen LogP contribution >= 0.6 is 0 Å². The number of rotatable bonds is 2. The smallest absolute Gasteiger partial charge is 0.101 e. The van der Waals surface area contributed by atoms with E-state index in [1.165, 1.54) is 0 Å². The Morgan fingerprint density at radius 3 is 2.79 bits per heavy atom. The molecule has 0 amide bonds. The number of anilines is 1. The molecule has 0 aliphatic carbocycles. The first-order chi connectivity index (χ1) is 9.38. The molecule has 2 aromatic rings. The summed E-state index contributed by atoms with van der Waals surface area (Å²) < 4.78 is 1.77. The van der Waals surface area contributed by atoms with Crippen molar-refractivity contribution in [3.05, 3.63) is 42.2 Å². The lowest BCUT2D eigenvalue weighted by atomic mass is 10.2. The van der Waals surface area contributed by atoms with E-state index in [1.54, 1.807) is 4.68 Å². The van der Waals surface area contributed by atoms with Crippen LogP contribution in [0.5, 0.6) is 0 Å². The van der Waals surface area contributed by atoms with Crippen LogP contribution in [0.1, 0.15) is 5.56 Å². The van der Waals surface area contributed by atoms with E-state index < -0.39 is 0 Å². The molecule has 0 radical (unpaired) electrons. The van der Waals surface area contributed by atoms with Gasteiger partial charge in [0.05, 0.1) is 29.3 Å². The molecule has 3 rings (SSSR count). The summed E-state index contributed by atoms with van der Waals surface area (Å²) in [6.45, 7) is 3.98. The van der Waals surface area contributed by atoms with Crippen molar-refractivity contribution in [3.63, 3.8) is 0 Å². The van der Waals surface area contributed by atoms with Gasteiger partial charge in [-0.05, 0) is 12.1 Å². The van der Waals surface area contributed by atoms with Gasteiger partial charge in [-0.1, -0.05) is 12.1 Å². The van der Waals surface area contributed by atoms with Crippen LogP contribution in [-0.2, 0) is 0 Å². The molecule has 1 aromatic heterocycles. The average Bonchev–Trinajstić information content (AvgIpc) is 2.98. The lowest BCUT2D eigenvalue weighted by Crippen LogP contribution is -2.43. The molecule has 0 saturated carbocycles. The van der Waals surface area contributed by atoms with E-state index in [-0.39, 0.29) is 0 Å². The van der Waals surface area contributed by atoms with Crippen LogP contribution < -0.4 is 10.2 Å². The number of hydrogen-bond donors (Lipinski definition) is 1. The highest BCUT2D eigenvalue weighted by Gasteiger charge is 2.13. The van der Waals surface area contributed by atoms with E-state index >= 15 is 0 Å². The zero-order valence-electron chi connectivity index (χ0n) is 10.6. The largest absolute Gasteiger partial charge is 0.366 e. The monoisotopic (exact) mass is 253 g/mol. The molecule has 2 heterocycles. The van der Waals surface area contributed by atoms with Crippen molar-refractivity contribution in [3.8, 4) is 11.8 Å². The van der Waals surface area contributed by atoms with Gasteiger partial charge in [-0.25, -0.2) is 4.68 Å². The fraction of sp³-hybridized carbons (Fsp3) is 0.286. The van der Waals surface area contributed by atoms with Crippen LogP contribution in [0.25, 0.3) is 5.69 Å². The second-order valence-electron chi connectivity index (χ2n) is 4.51. The van der Waals surface area contributed by atoms with Gasteiger partial charge in [0, 0.05) is 26.2 Å². The highest BCUT2D eigenvalue weighted by Crippen LogP contribution is 2.18. The molecule has 1 N–H and O–H groups in total. The van der Waals surface area contributed by atoms with Crippen LogP contribution in [-0.4, -0.2) is 36.0 Å². The Hall–Kier alpha value is -2.32. The molecule has 1 aliphatic rings. The van der Waals surface area contributed by atoms with Gasteiger partial charge in [0.15, 0.2) is 0 Å². The lowest BCUT2D eigenvalue weighted by Gasteiger charge is -2.27. The van der Waals surface area contributed by atoms with Crippen LogP contribution in [0.3, 0.4) is 0 Å². The van der Waals surface area contributed by atoms with Crippen molar-refractivity contribution in [2.24, 2.45) is 0 Å². The van der Waals surface area contributed by atoms with E-state index in [1.807, 2.05) is 36.7 Å². The Bertz CT molecular complexity index is 604. The van der Waals surface area contributed by atoms with Crippen LogP contribution in [0.4, 0.5) is 5.69 Å². The van der Waals surface area contributed by atoms with Gasteiger partial charge in [-0.3, -0.25) is 0 Å². The number of aromatic nitrogens is 2. The summed E-state index contributed by atoms with van der Waals surface area (Å²) in [6.07, 6.45) is 3.85. The topological polar surface area (TPSA) is 56.9 Å². The SMILES string of the molecule is N#Cc1ccccc1-n1cc(N2CCNCC2)cn1. The lowest BCUT2D eigenvalue weighted by molar-refractivity contribution is 0.589.